The third-order valence-corrected chi connectivity index (χ3v) is 5.69. The molecule has 8 nitrogen and oxygen atoms in total. The van der Waals surface area contributed by atoms with Crippen molar-refractivity contribution in [3.63, 3.8) is 0 Å². The highest BCUT2D eigenvalue weighted by molar-refractivity contribution is 8.14. The van der Waals surface area contributed by atoms with Crippen LogP contribution in [0.2, 0.25) is 0 Å². The molecule has 0 unspecified atom stereocenters. The van der Waals surface area contributed by atoms with Gasteiger partial charge >= 0.3 is 6.18 Å². The van der Waals surface area contributed by atoms with Crippen LogP contribution in [-0.4, -0.2) is 50.9 Å². The average Bonchev–Trinajstić information content (AvgIpc) is 3.29. The number of pyridine rings is 1. The van der Waals surface area contributed by atoms with Crippen LogP contribution in [0.5, 0.6) is 0 Å². The van der Waals surface area contributed by atoms with Crippen molar-refractivity contribution in [1.82, 2.24) is 20.4 Å². The van der Waals surface area contributed by atoms with Crippen LogP contribution in [0.25, 0.3) is 22.4 Å². The molecule has 1 aliphatic rings. The molecule has 2 aromatic heterocycles. The molecule has 1 aliphatic heterocycles. The van der Waals surface area contributed by atoms with Crippen molar-refractivity contribution in [3.05, 3.63) is 47.2 Å². The summed E-state index contributed by atoms with van der Waals surface area (Å²) in [5.41, 5.74) is -0.937. The first-order chi connectivity index (χ1) is 15.2. The summed E-state index contributed by atoms with van der Waals surface area (Å²) < 4.78 is 45.6. The number of hydrogen-bond acceptors (Lipinski definition) is 7. The van der Waals surface area contributed by atoms with Gasteiger partial charge < -0.3 is 9.84 Å². The molecule has 3 heterocycles. The maximum absolute atomic E-state index is 13.5. The highest BCUT2D eigenvalue weighted by Crippen LogP contribution is 2.37. The second-order valence-electron chi connectivity index (χ2n) is 6.90. The molecule has 0 radical (unpaired) electrons. The van der Waals surface area contributed by atoms with Crippen LogP contribution < -0.4 is 5.32 Å². The molecule has 4 rings (SSSR count). The molecule has 1 fully saturated rings. The Bertz CT molecular complexity index is 1230. The van der Waals surface area contributed by atoms with Crippen LogP contribution in [0, 0.1) is 6.92 Å². The number of aryl methyl sites for hydroxylation is 1. The number of benzene rings is 1. The van der Waals surface area contributed by atoms with E-state index in [4.69, 9.17) is 4.52 Å². The number of aromatic nitrogens is 2. The van der Waals surface area contributed by atoms with Gasteiger partial charge in [-0.25, -0.2) is 4.98 Å². The molecule has 0 atom stereocenters. The fraction of sp³-hybridized carbons (Fsp3) is 0.250. The number of nitrogens with zero attached hydrogens (tertiary/aromatic N) is 3. The Morgan fingerprint density at radius 2 is 2.03 bits per heavy atom. The average molecular weight is 464 g/mol. The molecule has 0 spiro atoms. The van der Waals surface area contributed by atoms with E-state index in [1.54, 1.807) is 6.92 Å². The number of nitrogens with one attached hydrogen (secondary N) is 1. The largest absolute Gasteiger partial charge is 0.417 e. The third kappa shape index (κ3) is 4.05. The van der Waals surface area contributed by atoms with Crippen molar-refractivity contribution >= 4 is 39.9 Å². The van der Waals surface area contributed by atoms with E-state index >= 15 is 0 Å². The Hall–Kier alpha value is -3.41. The van der Waals surface area contributed by atoms with Gasteiger partial charge in [0.05, 0.1) is 33.7 Å². The molecule has 166 valence electrons. The molecule has 1 aromatic carbocycles. The van der Waals surface area contributed by atoms with E-state index in [-0.39, 0.29) is 52.7 Å². The van der Waals surface area contributed by atoms with E-state index in [1.807, 2.05) is 0 Å². The fourth-order valence-electron chi connectivity index (χ4n) is 3.34. The Balaban J connectivity index is 1.67. The first-order valence-electron chi connectivity index (χ1n) is 9.35. The molecular weight excluding hydrogens is 449 g/mol. The van der Waals surface area contributed by atoms with Crippen LogP contribution in [0.4, 0.5) is 18.0 Å². The minimum atomic E-state index is -4.63. The highest BCUT2D eigenvalue weighted by Gasteiger charge is 2.34. The van der Waals surface area contributed by atoms with Gasteiger partial charge in [-0.1, -0.05) is 35.1 Å². The maximum Gasteiger partial charge on any atom is 0.417 e. The van der Waals surface area contributed by atoms with Gasteiger partial charge in [0.15, 0.2) is 0 Å². The van der Waals surface area contributed by atoms with Crippen LogP contribution in [-0.2, 0) is 11.0 Å². The number of fused-ring (bicyclic) bond motifs is 1. The first kappa shape index (κ1) is 21.8. The van der Waals surface area contributed by atoms with Gasteiger partial charge in [0.25, 0.3) is 16.9 Å². The van der Waals surface area contributed by atoms with E-state index in [1.165, 1.54) is 24.3 Å². The Labute approximate surface area is 183 Å². The minimum Gasteiger partial charge on any atom is -0.350 e. The standard InChI is InChI=1S/C20H15F3N4O4S/c1-10-16-12(17(29)24-6-7-27-15(28)9-32-19(27)30)8-14(25-18(16)31-26-10)11-4-2-3-5-13(11)20(21,22)23/h2-5,8H,6-7,9H2,1H3,(H,24,29). The second-order valence-corrected chi connectivity index (χ2v) is 7.83. The Morgan fingerprint density at radius 3 is 2.72 bits per heavy atom. The predicted octanol–water partition coefficient (Wildman–Crippen LogP) is 3.64. The van der Waals surface area contributed by atoms with Crippen LogP contribution in [0.1, 0.15) is 21.6 Å². The highest BCUT2D eigenvalue weighted by atomic mass is 32.2. The van der Waals surface area contributed by atoms with Crippen molar-refractivity contribution in [3.8, 4) is 11.3 Å². The summed E-state index contributed by atoms with van der Waals surface area (Å²) in [4.78, 5) is 41.4. The normalized spacial score (nSPS) is 14.4. The van der Waals surface area contributed by atoms with Crippen molar-refractivity contribution in [2.24, 2.45) is 0 Å². The molecule has 0 aliphatic carbocycles. The first-order valence-corrected chi connectivity index (χ1v) is 10.3. The van der Waals surface area contributed by atoms with Gasteiger partial charge in [-0.3, -0.25) is 19.3 Å². The van der Waals surface area contributed by atoms with Gasteiger partial charge in [-0.15, -0.1) is 0 Å². The topological polar surface area (TPSA) is 105 Å². The monoisotopic (exact) mass is 464 g/mol. The van der Waals surface area contributed by atoms with Crippen molar-refractivity contribution in [2.45, 2.75) is 13.1 Å². The van der Waals surface area contributed by atoms with E-state index in [9.17, 15) is 27.6 Å². The quantitative estimate of drug-likeness (QED) is 0.615. The number of thioether (sulfide) groups is 1. The smallest absolute Gasteiger partial charge is 0.350 e. The lowest BCUT2D eigenvalue weighted by atomic mass is 10.0. The lowest BCUT2D eigenvalue weighted by Gasteiger charge is -2.14. The predicted molar refractivity (Wildman–Crippen MR) is 109 cm³/mol. The Kier molecular flexibility index (Phi) is 5.63. The number of carbonyl (C=O) groups is 3. The van der Waals surface area contributed by atoms with E-state index < -0.39 is 22.9 Å². The Morgan fingerprint density at radius 1 is 1.28 bits per heavy atom. The van der Waals surface area contributed by atoms with Gasteiger partial charge in [-0.05, 0) is 19.1 Å². The van der Waals surface area contributed by atoms with Gasteiger partial charge in [-0.2, -0.15) is 13.2 Å². The lowest BCUT2D eigenvalue weighted by Crippen LogP contribution is -2.37. The second kappa shape index (κ2) is 8.26. The molecule has 3 amide bonds. The molecule has 12 heteroatoms. The molecule has 1 saturated heterocycles. The number of alkyl halides is 3. The summed E-state index contributed by atoms with van der Waals surface area (Å²) >= 11 is 0.880. The van der Waals surface area contributed by atoms with Crippen molar-refractivity contribution < 1.29 is 32.1 Å². The zero-order valence-electron chi connectivity index (χ0n) is 16.5. The SMILES string of the molecule is Cc1noc2nc(-c3ccccc3C(F)(F)F)cc(C(=O)NCCN3C(=O)CSC3=O)c12. The van der Waals surface area contributed by atoms with Crippen molar-refractivity contribution in [1.29, 1.82) is 0 Å². The summed E-state index contributed by atoms with van der Waals surface area (Å²) in [7, 11) is 0. The number of imide groups is 1. The molecule has 32 heavy (non-hydrogen) atoms. The molecule has 0 saturated carbocycles. The zero-order chi connectivity index (χ0) is 23.0. The third-order valence-electron chi connectivity index (χ3n) is 4.83. The van der Waals surface area contributed by atoms with Gasteiger partial charge in [0.2, 0.25) is 5.91 Å². The summed E-state index contributed by atoms with van der Waals surface area (Å²) in [6, 6.07) is 6.12. The number of rotatable bonds is 5. The minimum absolute atomic E-state index is 0.0168. The molecule has 0 bridgehead atoms. The molecule has 1 N–H and O–H groups in total. The maximum atomic E-state index is 13.5. The van der Waals surface area contributed by atoms with Crippen molar-refractivity contribution in [2.75, 3.05) is 18.8 Å². The number of halogens is 3. The summed E-state index contributed by atoms with van der Waals surface area (Å²) in [5, 5.41) is 6.23. The zero-order valence-corrected chi connectivity index (χ0v) is 17.3. The number of hydrogen-bond donors (Lipinski definition) is 1. The van der Waals surface area contributed by atoms with E-state index in [0.717, 1.165) is 22.7 Å². The number of amides is 3. The lowest BCUT2D eigenvalue weighted by molar-refractivity contribution is -0.137. The van der Waals surface area contributed by atoms with Gasteiger partial charge in [0, 0.05) is 18.7 Å². The molecule has 3 aromatic rings. The van der Waals surface area contributed by atoms with E-state index in [0.29, 0.717) is 5.69 Å². The summed E-state index contributed by atoms with van der Waals surface area (Å²) in [5.74, 6) is -0.915. The number of carbonyl (C=O) groups excluding carboxylic acids is 3. The molecular formula is C20H15F3N4O4S. The summed E-state index contributed by atoms with van der Waals surface area (Å²) in [6.45, 7) is 1.53. The fourth-order valence-corrected chi connectivity index (χ4v) is 4.09. The van der Waals surface area contributed by atoms with Gasteiger partial charge in [0.1, 0.15) is 0 Å². The van der Waals surface area contributed by atoms with Crippen LogP contribution >= 0.6 is 11.8 Å². The van der Waals surface area contributed by atoms with Crippen LogP contribution in [0.3, 0.4) is 0 Å². The summed E-state index contributed by atoms with van der Waals surface area (Å²) in [6.07, 6.45) is -4.63. The van der Waals surface area contributed by atoms with Crippen LogP contribution in [0.15, 0.2) is 34.9 Å². The van der Waals surface area contributed by atoms with E-state index in [2.05, 4.69) is 15.5 Å².